The fourth-order valence-electron chi connectivity index (χ4n) is 1.51. The third-order valence-corrected chi connectivity index (χ3v) is 2.60. The van der Waals surface area contributed by atoms with Crippen molar-refractivity contribution in [1.82, 2.24) is 5.32 Å². The highest BCUT2D eigenvalue weighted by molar-refractivity contribution is 6.31. The fraction of sp³-hybridized carbons (Fsp3) is 0.364. The highest BCUT2D eigenvalue weighted by atomic mass is 35.5. The molecule has 0 saturated carbocycles. The summed E-state index contributed by atoms with van der Waals surface area (Å²) in [6.45, 7) is -1.45. The van der Waals surface area contributed by atoms with E-state index < -0.39 is 24.7 Å². The Kier molecular flexibility index (Phi) is 5.02. The summed E-state index contributed by atoms with van der Waals surface area (Å²) in [4.78, 5) is 11.1. The van der Waals surface area contributed by atoms with E-state index in [0.717, 1.165) is 0 Å². The van der Waals surface area contributed by atoms with Crippen LogP contribution in [0, 0.1) is 0 Å². The van der Waals surface area contributed by atoms with Gasteiger partial charge in [0.05, 0.1) is 13.7 Å². The van der Waals surface area contributed by atoms with Crippen LogP contribution in [-0.2, 0) is 4.79 Å². The maximum atomic E-state index is 12.2. The summed E-state index contributed by atoms with van der Waals surface area (Å²) >= 11 is 5.83. The summed E-state index contributed by atoms with van der Waals surface area (Å²) in [6, 6.07) is 2.70. The van der Waals surface area contributed by atoms with Crippen molar-refractivity contribution in [3.05, 3.63) is 28.8 Å². The highest BCUT2D eigenvalue weighted by Crippen LogP contribution is 2.32. The van der Waals surface area contributed by atoms with Crippen LogP contribution in [0.5, 0.6) is 5.75 Å². The number of carboxylic acids is 1. The third kappa shape index (κ3) is 4.29. The zero-order valence-corrected chi connectivity index (χ0v) is 10.5. The van der Waals surface area contributed by atoms with Crippen LogP contribution < -0.4 is 10.1 Å². The van der Waals surface area contributed by atoms with E-state index in [1.165, 1.54) is 25.3 Å². The lowest BCUT2D eigenvalue weighted by atomic mass is 10.1. The topological polar surface area (TPSA) is 58.6 Å². The molecular weight excluding hydrogens is 287 g/mol. The SMILES string of the molecule is COc1cccc(Cl)c1C(NCC(F)(F)F)C(=O)O. The molecule has 0 amide bonds. The molecule has 0 aliphatic carbocycles. The van der Waals surface area contributed by atoms with Crippen molar-refractivity contribution in [2.75, 3.05) is 13.7 Å². The Labute approximate surface area is 112 Å². The summed E-state index contributed by atoms with van der Waals surface area (Å²) < 4.78 is 41.4. The third-order valence-electron chi connectivity index (χ3n) is 2.28. The molecule has 0 aliphatic heterocycles. The van der Waals surface area contributed by atoms with Crippen molar-refractivity contribution >= 4 is 17.6 Å². The number of halogens is 4. The average molecular weight is 298 g/mol. The maximum absolute atomic E-state index is 12.2. The van der Waals surface area contributed by atoms with Crippen molar-refractivity contribution in [3.63, 3.8) is 0 Å². The Hall–Kier alpha value is -1.47. The summed E-state index contributed by atoms with van der Waals surface area (Å²) in [6.07, 6.45) is -4.53. The Bertz CT molecular complexity index is 465. The minimum atomic E-state index is -4.53. The standard InChI is InChI=1S/C11H11ClF3NO3/c1-19-7-4-2-3-6(12)8(7)9(10(17)18)16-5-11(13,14)15/h2-4,9,16H,5H2,1H3,(H,17,18). The number of carboxylic acid groups (broad SMARTS) is 1. The van der Waals surface area contributed by atoms with Crippen molar-refractivity contribution in [3.8, 4) is 5.75 Å². The molecule has 0 heterocycles. The second-order valence-electron chi connectivity index (χ2n) is 3.62. The number of methoxy groups -OCH3 is 1. The smallest absolute Gasteiger partial charge is 0.401 e. The van der Waals surface area contributed by atoms with Gasteiger partial charge in [-0.25, -0.2) is 0 Å². The van der Waals surface area contributed by atoms with Crippen LogP contribution in [0.1, 0.15) is 11.6 Å². The molecule has 0 spiro atoms. The van der Waals surface area contributed by atoms with Crippen LogP contribution in [0.2, 0.25) is 5.02 Å². The highest BCUT2D eigenvalue weighted by Gasteiger charge is 2.32. The van der Waals surface area contributed by atoms with Crippen LogP contribution in [-0.4, -0.2) is 30.9 Å². The number of hydrogen-bond acceptors (Lipinski definition) is 3. The predicted octanol–water partition coefficient (Wildman–Crippen LogP) is 2.63. The zero-order chi connectivity index (χ0) is 14.6. The van der Waals surface area contributed by atoms with Crippen LogP contribution in [0.25, 0.3) is 0 Å². The number of aliphatic carboxylic acids is 1. The largest absolute Gasteiger partial charge is 0.496 e. The molecule has 1 unspecified atom stereocenters. The van der Waals surface area contributed by atoms with Gasteiger partial charge < -0.3 is 9.84 Å². The number of benzene rings is 1. The van der Waals surface area contributed by atoms with Crippen molar-refractivity contribution < 1.29 is 27.8 Å². The second kappa shape index (κ2) is 6.12. The number of rotatable bonds is 5. The molecule has 1 aromatic rings. The number of alkyl halides is 3. The van der Waals surface area contributed by atoms with E-state index in [1.54, 1.807) is 0 Å². The molecule has 0 aromatic heterocycles. The first-order valence-electron chi connectivity index (χ1n) is 5.11. The number of hydrogen-bond donors (Lipinski definition) is 2. The van der Waals surface area contributed by atoms with Crippen LogP contribution in [0.15, 0.2) is 18.2 Å². The molecule has 0 saturated heterocycles. The molecule has 4 nitrogen and oxygen atoms in total. The lowest BCUT2D eigenvalue weighted by Crippen LogP contribution is -2.36. The van der Waals surface area contributed by atoms with E-state index in [1.807, 2.05) is 5.32 Å². The Morgan fingerprint density at radius 1 is 1.53 bits per heavy atom. The molecular formula is C11H11ClF3NO3. The van der Waals surface area contributed by atoms with Crippen molar-refractivity contribution in [2.45, 2.75) is 12.2 Å². The molecule has 19 heavy (non-hydrogen) atoms. The van der Waals surface area contributed by atoms with Gasteiger partial charge in [-0.2, -0.15) is 13.2 Å². The molecule has 8 heteroatoms. The van der Waals surface area contributed by atoms with Crippen molar-refractivity contribution in [1.29, 1.82) is 0 Å². The summed E-state index contributed by atoms with van der Waals surface area (Å²) in [5, 5.41) is 10.9. The fourth-order valence-corrected chi connectivity index (χ4v) is 1.78. The summed E-state index contributed by atoms with van der Waals surface area (Å²) in [5.41, 5.74) is -0.0385. The molecule has 1 atom stereocenters. The van der Waals surface area contributed by atoms with Gasteiger partial charge >= 0.3 is 12.1 Å². The monoisotopic (exact) mass is 297 g/mol. The Morgan fingerprint density at radius 2 is 2.16 bits per heavy atom. The summed E-state index contributed by atoms with van der Waals surface area (Å²) in [7, 11) is 1.28. The van der Waals surface area contributed by atoms with Gasteiger partial charge in [0.2, 0.25) is 0 Å². The second-order valence-corrected chi connectivity index (χ2v) is 4.03. The Morgan fingerprint density at radius 3 is 2.63 bits per heavy atom. The maximum Gasteiger partial charge on any atom is 0.401 e. The lowest BCUT2D eigenvalue weighted by Gasteiger charge is -2.19. The van der Waals surface area contributed by atoms with E-state index in [-0.39, 0.29) is 16.3 Å². The predicted molar refractivity (Wildman–Crippen MR) is 62.4 cm³/mol. The summed E-state index contributed by atoms with van der Waals surface area (Å²) in [5.74, 6) is -1.37. The first-order chi connectivity index (χ1) is 8.76. The first-order valence-corrected chi connectivity index (χ1v) is 5.49. The lowest BCUT2D eigenvalue weighted by molar-refractivity contribution is -0.143. The molecule has 0 bridgehead atoms. The van der Waals surface area contributed by atoms with Gasteiger partial charge in [0.25, 0.3) is 0 Å². The van der Waals surface area contributed by atoms with E-state index in [4.69, 9.17) is 21.4 Å². The van der Waals surface area contributed by atoms with E-state index in [2.05, 4.69) is 0 Å². The number of carbonyl (C=O) groups is 1. The van der Waals surface area contributed by atoms with Crippen LogP contribution in [0.3, 0.4) is 0 Å². The molecule has 106 valence electrons. The molecule has 1 rings (SSSR count). The molecule has 2 N–H and O–H groups in total. The molecule has 0 radical (unpaired) electrons. The average Bonchev–Trinajstić information content (AvgIpc) is 2.29. The molecule has 0 fully saturated rings. The van der Waals surface area contributed by atoms with Gasteiger partial charge in [-0.15, -0.1) is 0 Å². The van der Waals surface area contributed by atoms with Gasteiger partial charge in [-0.1, -0.05) is 17.7 Å². The molecule has 0 aliphatic rings. The van der Waals surface area contributed by atoms with Crippen LogP contribution in [0.4, 0.5) is 13.2 Å². The number of ether oxygens (including phenoxy) is 1. The Balaban J connectivity index is 3.09. The van der Waals surface area contributed by atoms with E-state index in [0.29, 0.717) is 0 Å². The van der Waals surface area contributed by atoms with Gasteiger partial charge in [-0.3, -0.25) is 10.1 Å². The minimum absolute atomic E-state index is 0.0152. The minimum Gasteiger partial charge on any atom is -0.496 e. The first kappa shape index (κ1) is 15.6. The molecule has 1 aromatic carbocycles. The van der Waals surface area contributed by atoms with Gasteiger partial charge in [0.15, 0.2) is 0 Å². The van der Waals surface area contributed by atoms with E-state index in [9.17, 15) is 18.0 Å². The zero-order valence-electron chi connectivity index (χ0n) is 9.79. The van der Waals surface area contributed by atoms with Crippen molar-refractivity contribution in [2.24, 2.45) is 0 Å². The van der Waals surface area contributed by atoms with Crippen LogP contribution >= 0.6 is 11.6 Å². The normalized spacial score (nSPS) is 13.1. The quantitative estimate of drug-likeness (QED) is 0.877. The number of nitrogens with one attached hydrogen (secondary N) is 1. The van der Waals surface area contributed by atoms with Gasteiger partial charge in [-0.05, 0) is 12.1 Å². The van der Waals surface area contributed by atoms with Gasteiger partial charge in [0.1, 0.15) is 11.8 Å². The van der Waals surface area contributed by atoms with Gasteiger partial charge in [0, 0.05) is 10.6 Å². The van der Waals surface area contributed by atoms with E-state index >= 15 is 0 Å².